The zero-order chi connectivity index (χ0) is 28.3. The predicted octanol–water partition coefficient (Wildman–Crippen LogP) is 5.79. The number of rotatable bonds is 8. The molecule has 0 spiro atoms. The van der Waals surface area contributed by atoms with Crippen molar-refractivity contribution >= 4 is 38.6 Å². The molecule has 0 aliphatic heterocycles. The first-order valence-electron chi connectivity index (χ1n) is 13.2. The van der Waals surface area contributed by atoms with Crippen LogP contribution in [0.5, 0.6) is 0 Å². The van der Waals surface area contributed by atoms with E-state index in [2.05, 4.69) is 41.4 Å². The molecule has 204 valence electrons. The van der Waals surface area contributed by atoms with E-state index in [1.807, 2.05) is 66.3 Å². The number of benzene rings is 1. The number of fused-ring (bicyclic) bond motifs is 1. The average molecular weight is 553 g/mol. The second-order valence-electron chi connectivity index (χ2n) is 10.8. The SMILES string of the molecule is Cc1ccc(C(=O)Nc2nc3c(s2)c(C(=O)NC(Cc2cccnc2)Cc2ccccn2)cn3C(C)(C)C)cc1. The number of aromatic nitrogens is 4. The number of hydrogen-bond donors (Lipinski definition) is 2. The van der Waals surface area contributed by atoms with E-state index in [9.17, 15) is 9.59 Å². The fourth-order valence-corrected chi connectivity index (χ4v) is 5.47. The minimum absolute atomic E-state index is 0.196. The van der Waals surface area contributed by atoms with Crippen molar-refractivity contribution in [3.63, 3.8) is 0 Å². The molecule has 4 heterocycles. The third-order valence-electron chi connectivity index (χ3n) is 6.56. The Bertz CT molecular complexity index is 1580. The lowest BCUT2D eigenvalue weighted by atomic mass is 10.0. The number of nitrogens with zero attached hydrogens (tertiary/aromatic N) is 4. The van der Waals surface area contributed by atoms with Crippen LogP contribution in [-0.4, -0.2) is 37.4 Å². The molecule has 5 rings (SSSR count). The van der Waals surface area contributed by atoms with E-state index in [1.165, 1.54) is 11.3 Å². The Labute approximate surface area is 237 Å². The quantitative estimate of drug-likeness (QED) is 0.254. The van der Waals surface area contributed by atoms with Crippen molar-refractivity contribution in [3.05, 3.63) is 107 Å². The molecule has 9 heteroatoms. The number of amides is 2. The maximum Gasteiger partial charge on any atom is 0.257 e. The number of anilines is 1. The van der Waals surface area contributed by atoms with Gasteiger partial charge in [0.25, 0.3) is 11.8 Å². The average Bonchev–Trinajstić information content (AvgIpc) is 3.48. The van der Waals surface area contributed by atoms with Crippen LogP contribution in [0.4, 0.5) is 5.13 Å². The summed E-state index contributed by atoms with van der Waals surface area (Å²) in [5, 5.41) is 6.60. The van der Waals surface area contributed by atoms with Gasteiger partial charge in [-0.15, -0.1) is 0 Å². The number of hydrogen-bond acceptors (Lipinski definition) is 6. The lowest BCUT2D eigenvalue weighted by Crippen LogP contribution is -2.38. The molecule has 8 nitrogen and oxygen atoms in total. The van der Waals surface area contributed by atoms with E-state index in [-0.39, 0.29) is 23.4 Å². The van der Waals surface area contributed by atoms with Gasteiger partial charge in [0.2, 0.25) is 0 Å². The van der Waals surface area contributed by atoms with Crippen LogP contribution < -0.4 is 10.6 Å². The van der Waals surface area contributed by atoms with Gasteiger partial charge in [-0.1, -0.05) is 41.2 Å². The first-order chi connectivity index (χ1) is 19.2. The first kappa shape index (κ1) is 27.2. The van der Waals surface area contributed by atoms with Crippen molar-refractivity contribution in [2.75, 3.05) is 5.32 Å². The lowest BCUT2D eigenvalue weighted by Gasteiger charge is -2.21. The normalized spacial score (nSPS) is 12.3. The smallest absolute Gasteiger partial charge is 0.257 e. The summed E-state index contributed by atoms with van der Waals surface area (Å²) in [6, 6.07) is 16.9. The van der Waals surface area contributed by atoms with Gasteiger partial charge in [-0.3, -0.25) is 24.9 Å². The van der Waals surface area contributed by atoms with E-state index in [1.54, 1.807) is 24.5 Å². The summed E-state index contributed by atoms with van der Waals surface area (Å²) in [4.78, 5) is 40.1. The van der Waals surface area contributed by atoms with Crippen molar-refractivity contribution < 1.29 is 9.59 Å². The van der Waals surface area contributed by atoms with Gasteiger partial charge in [0.1, 0.15) is 0 Å². The molecule has 0 aliphatic carbocycles. The number of carbonyl (C=O) groups is 2. The molecule has 0 aliphatic rings. The molecule has 5 aromatic rings. The molecular weight excluding hydrogens is 520 g/mol. The van der Waals surface area contributed by atoms with Crippen molar-refractivity contribution in [1.82, 2.24) is 24.8 Å². The molecule has 1 unspecified atom stereocenters. The highest BCUT2D eigenvalue weighted by atomic mass is 32.1. The summed E-state index contributed by atoms with van der Waals surface area (Å²) in [6.07, 6.45) is 8.36. The fraction of sp³-hybridized carbons (Fsp3) is 0.258. The molecule has 2 amide bonds. The van der Waals surface area contributed by atoms with Crippen LogP contribution >= 0.6 is 11.3 Å². The highest BCUT2D eigenvalue weighted by molar-refractivity contribution is 7.22. The molecule has 0 bridgehead atoms. The Balaban J connectivity index is 1.44. The van der Waals surface area contributed by atoms with Crippen LogP contribution in [-0.2, 0) is 18.4 Å². The van der Waals surface area contributed by atoms with Gasteiger partial charge in [-0.25, -0.2) is 4.98 Å². The van der Waals surface area contributed by atoms with Crippen LogP contribution in [0, 0.1) is 6.92 Å². The first-order valence-corrected chi connectivity index (χ1v) is 14.0. The maximum absolute atomic E-state index is 13.8. The van der Waals surface area contributed by atoms with Gasteiger partial charge >= 0.3 is 0 Å². The lowest BCUT2D eigenvalue weighted by molar-refractivity contribution is 0.0937. The highest BCUT2D eigenvalue weighted by Gasteiger charge is 2.27. The molecular formula is C31H32N6O2S. The molecule has 40 heavy (non-hydrogen) atoms. The van der Waals surface area contributed by atoms with Crippen molar-refractivity contribution in [3.8, 4) is 0 Å². The van der Waals surface area contributed by atoms with Crippen LogP contribution in [0.3, 0.4) is 0 Å². The van der Waals surface area contributed by atoms with E-state index in [0.29, 0.717) is 34.7 Å². The Hall–Kier alpha value is -4.37. The number of thiazole rings is 1. The summed E-state index contributed by atoms with van der Waals surface area (Å²) >= 11 is 1.30. The van der Waals surface area contributed by atoms with E-state index < -0.39 is 0 Å². The molecule has 0 radical (unpaired) electrons. The monoisotopic (exact) mass is 552 g/mol. The minimum atomic E-state index is -0.327. The molecule has 4 aromatic heterocycles. The summed E-state index contributed by atoms with van der Waals surface area (Å²) in [5.41, 5.74) is 4.41. The van der Waals surface area contributed by atoms with E-state index >= 15 is 0 Å². The van der Waals surface area contributed by atoms with Crippen LogP contribution in [0.25, 0.3) is 10.3 Å². The number of pyridine rings is 2. The summed E-state index contributed by atoms with van der Waals surface area (Å²) in [6.45, 7) is 8.16. The minimum Gasteiger partial charge on any atom is -0.348 e. The van der Waals surface area contributed by atoms with Crippen LogP contribution in [0.1, 0.15) is 58.3 Å². The fourth-order valence-electron chi connectivity index (χ4n) is 4.51. The largest absolute Gasteiger partial charge is 0.348 e. The van der Waals surface area contributed by atoms with Gasteiger partial charge in [0.05, 0.1) is 10.3 Å². The number of nitrogens with one attached hydrogen (secondary N) is 2. The zero-order valence-corrected chi connectivity index (χ0v) is 23.8. The second kappa shape index (κ2) is 11.4. The Morgan fingerprint density at radius 3 is 2.45 bits per heavy atom. The van der Waals surface area contributed by atoms with Gasteiger partial charge < -0.3 is 9.88 Å². The molecule has 0 saturated heterocycles. The Kier molecular flexibility index (Phi) is 7.75. The maximum atomic E-state index is 13.8. The van der Waals surface area contributed by atoms with Gasteiger partial charge in [0, 0.05) is 54.0 Å². The third-order valence-corrected chi connectivity index (χ3v) is 7.56. The van der Waals surface area contributed by atoms with Crippen LogP contribution in [0.2, 0.25) is 0 Å². The summed E-state index contributed by atoms with van der Waals surface area (Å²) in [7, 11) is 0. The van der Waals surface area contributed by atoms with Crippen molar-refractivity contribution in [2.24, 2.45) is 0 Å². The Morgan fingerprint density at radius 2 is 1.77 bits per heavy atom. The number of carbonyl (C=O) groups excluding carboxylic acids is 2. The molecule has 2 N–H and O–H groups in total. The number of aryl methyl sites for hydroxylation is 1. The zero-order valence-electron chi connectivity index (χ0n) is 23.0. The van der Waals surface area contributed by atoms with Gasteiger partial charge in [-0.05, 0) is 70.0 Å². The molecule has 1 aromatic carbocycles. The van der Waals surface area contributed by atoms with Gasteiger partial charge in [0.15, 0.2) is 10.8 Å². The topological polar surface area (TPSA) is 102 Å². The third kappa shape index (κ3) is 6.26. The molecule has 0 fully saturated rings. The van der Waals surface area contributed by atoms with Gasteiger partial charge in [-0.2, -0.15) is 0 Å². The van der Waals surface area contributed by atoms with E-state index in [0.717, 1.165) is 21.5 Å². The van der Waals surface area contributed by atoms with Crippen molar-refractivity contribution in [1.29, 1.82) is 0 Å². The standard InChI is InChI=1S/C31H32N6O2S/c1-20-10-12-22(13-11-20)28(38)36-30-35-27-26(40-30)25(19-37(27)31(2,3)4)29(39)34-24(16-21-8-7-14-32-18-21)17-23-9-5-6-15-33-23/h5-15,18-19,24H,16-17H2,1-4H3,(H,34,39)(H,35,36,38). The molecule has 0 saturated carbocycles. The highest BCUT2D eigenvalue weighted by Crippen LogP contribution is 2.34. The Morgan fingerprint density at radius 1 is 0.975 bits per heavy atom. The molecule has 1 atom stereocenters. The van der Waals surface area contributed by atoms with Crippen LogP contribution in [0.15, 0.2) is 79.4 Å². The second-order valence-corrected chi connectivity index (χ2v) is 11.8. The summed E-state index contributed by atoms with van der Waals surface area (Å²) in [5.74, 6) is -0.436. The predicted molar refractivity (Wildman–Crippen MR) is 159 cm³/mol. The van der Waals surface area contributed by atoms with E-state index in [4.69, 9.17) is 4.98 Å². The summed E-state index contributed by atoms with van der Waals surface area (Å²) < 4.78 is 2.72. The van der Waals surface area contributed by atoms with Crippen molar-refractivity contribution in [2.45, 2.75) is 52.1 Å².